The second-order valence-corrected chi connectivity index (χ2v) is 6.62. The number of hydrogen-bond acceptors (Lipinski definition) is 0. The van der Waals surface area contributed by atoms with E-state index in [0.29, 0.717) is 18.8 Å². The van der Waals surface area contributed by atoms with Gasteiger partial charge in [0, 0.05) is 0 Å². The average molecular weight is 262 g/mol. The summed E-state index contributed by atoms with van der Waals surface area (Å²) in [4.78, 5) is 0. The van der Waals surface area contributed by atoms with Gasteiger partial charge < -0.3 is 0 Å². The summed E-state index contributed by atoms with van der Waals surface area (Å²) in [5.74, 6) is 1.22. The van der Waals surface area contributed by atoms with E-state index >= 15 is 0 Å². The summed E-state index contributed by atoms with van der Waals surface area (Å²) in [5, 5.41) is 0. The van der Waals surface area contributed by atoms with Crippen molar-refractivity contribution in [2.45, 2.75) is 70.9 Å². The van der Waals surface area contributed by atoms with Gasteiger partial charge in [-0.05, 0) is 49.9 Å². The average Bonchev–Trinajstić information content (AvgIpc) is 2.32. The molecule has 0 heterocycles. The van der Waals surface area contributed by atoms with Gasteiger partial charge in [0.2, 0.25) is 0 Å². The number of rotatable bonds is 2. The van der Waals surface area contributed by atoms with Crippen LogP contribution in [0, 0.1) is 23.7 Å². The van der Waals surface area contributed by atoms with Gasteiger partial charge >= 0.3 is 6.18 Å². The molecule has 0 bridgehead atoms. The predicted octanol–water partition coefficient (Wildman–Crippen LogP) is 5.57. The molecule has 0 aromatic rings. The normalized spacial score (nSPS) is 38.7. The smallest absolute Gasteiger partial charge is 0.171 e. The summed E-state index contributed by atoms with van der Waals surface area (Å²) in [6, 6.07) is 0. The highest BCUT2D eigenvalue weighted by Crippen LogP contribution is 2.42. The molecule has 2 rings (SSSR count). The van der Waals surface area contributed by atoms with Crippen LogP contribution in [0.3, 0.4) is 0 Å². The third kappa shape index (κ3) is 3.89. The first-order chi connectivity index (χ1) is 8.45. The molecular formula is C15H25F3. The zero-order valence-corrected chi connectivity index (χ0v) is 11.3. The molecule has 0 nitrogen and oxygen atoms in total. The van der Waals surface area contributed by atoms with Crippen LogP contribution in [0.2, 0.25) is 0 Å². The molecule has 0 spiro atoms. The molecule has 2 fully saturated rings. The standard InChI is InChI=1S/C15H25F3/c1-11-2-4-12(5-3-11)10-13-6-8-14(9-7-13)15(16,17)18/h11-14H,2-10H2,1H3. The fraction of sp³-hybridized carbons (Fsp3) is 1.00. The molecule has 0 aromatic carbocycles. The van der Waals surface area contributed by atoms with Crippen LogP contribution in [-0.2, 0) is 0 Å². The molecule has 0 saturated heterocycles. The van der Waals surface area contributed by atoms with E-state index in [-0.39, 0.29) is 0 Å². The molecule has 106 valence electrons. The lowest BCUT2D eigenvalue weighted by molar-refractivity contribution is -0.184. The van der Waals surface area contributed by atoms with E-state index in [1.807, 2.05) is 0 Å². The Labute approximate surface area is 108 Å². The predicted molar refractivity (Wildman–Crippen MR) is 67.2 cm³/mol. The van der Waals surface area contributed by atoms with Gasteiger partial charge in [-0.2, -0.15) is 13.2 Å². The molecule has 2 aliphatic carbocycles. The second-order valence-electron chi connectivity index (χ2n) is 6.62. The van der Waals surface area contributed by atoms with Crippen LogP contribution >= 0.6 is 0 Å². The number of hydrogen-bond donors (Lipinski definition) is 0. The Morgan fingerprint density at radius 3 is 1.67 bits per heavy atom. The van der Waals surface area contributed by atoms with Gasteiger partial charge in [0.15, 0.2) is 0 Å². The highest BCUT2D eigenvalue weighted by atomic mass is 19.4. The van der Waals surface area contributed by atoms with Crippen molar-refractivity contribution >= 4 is 0 Å². The Balaban J connectivity index is 1.70. The monoisotopic (exact) mass is 262 g/mol. The maximum Gasteiger partial charge on any atom is 0.391 e. The van der Waals surface area contributed by atoms with E-state index in [9.17, 15) is 13.2 Å². The van der Waals surface area contributed by atoms with E-state index in [1.165, 1.54) is 32.1 Å². The molecule has 2 saturated carbocycles. The van der Waals surface area contributed by atoms with Crippen LogP contribution < -0.4 is 0 Å². The minimum absolute atomic E-state index is 0.372. The molecule has 0 unspecified atom stereocenters. The number of alkyl halides is 3. The molecule has 0 aromatic heterocycles. The Bertz CT molecular complexity index is 243. The van der Waals surface area contributed by atoms with Crippen molar-refractivity contribution in [3.8, 4) is 0 Å². The minimum Gasteiger partial charge on any atom is -0.171 e. The minimum atomic E-state index is -3.95. The maximum absolute atomic E-state index is 12.6. The van der Waals surface area contributed by atoms with Crippen LogP contribution in [0.15, 0.2) is 0 Å². The largest absolute Gasteiger partial charge is 0.391 e. The SMILES string of the molecule is CC1CCC(CC2CCC(C(F)(F)F)CC2)CC1. The van der Waals surface area contributed by atoms with Gasteiger partial charge in [-0.3, -0.25) is 0 Å². The number of halogens is 3. The van der Waals surface area contributed by atoms with Gasteiger partial charge in [-0.1, -0.05) is 32.6 Å². The molecule has 0 atom stereocenters. The van der Waals surface area contributed by atoms with Gasteiger partial charge in [0.05, 0.1) is 5.92 Å². The molecule has 0 radical (unpaired) electrons. The van der Waals surface area contributed by atoms with Gasteiger partial charge in [0.25, 0.3) is 0 Å². The first kappa shape index (κ1) is 14.2. The molecule has 3 heteroatoms. The summed E-state index contributed by atoms with van der Waals surface area (Å²) in [5.41, 5.74) is 0. The molecule has 0 aliphatic heterocycles. The summed E-state index contributed by atoms with van der Waals surface area (Å²) in [6.07, 6.45) is 4.84. The fourth-order valence-corrected chi connectivity index (χ4v) is 3.76. The van der Waals surface area contributed by atoms with Crippen molar-refractivity contribution in [3.05, 3.63) is 0 Å². The lowest BCUT2D eigenvalue weighted by Gasteiger charge is -2.34. The van der Waals surface area contributed by atoms with Gasteiger partial charge in [0.1, 0.15) is 0 Å². The summed E-state index contributed by atoms with van der Waals surface area (Å²) < 4.78 is 37.7. The van der Waals surface area contributed by atoms with E-state index in [4.69, 9.17) is 0 Å². The Morgan fingerprint density at radius 2 is 1.22 bits per heavy atom. The van der Waals surface area contributed by atoms with Crippen molar-refractivity contribution in [1.82, 2.24) is 0 Å². The van der Waals surface area contributed by atoms with Gasteiger partial charge in [-0.15, -0.1) is 0 Å². The second kappa shape index (κ2) is 5.83. The van der Waals surface area contributed by atoms with E-state index in [0.717, 1.165) is 24.7 Å². The fourth-order valence-electron chi connectivity index (χ4n) is 3.76. The first-order valence-electron chi connectivity index (χ1n) is 7.52. The van der Waals surface area contributed by atoms with Crippen LogP contribution in [-0.4, -0.2) is 6.18 Å². The third-order valence-electron chi connectivity index (χ3n) is 5.11. The topological polar surface area (TPSA) is 0 Å². The molecule has 0 amide bonds. The van der Waals surface area contributed by atoms with Crippen LogP contribution in [0.5, 0.6) is 0 Å². The quantitative estimate of drug-likeness (QED) is 0.610. The summed E-state index contributed by atoms with van der Waals surface area (Å²) in [6.45, 7) is 2.31. The Morgan fingerprint density at radius 1 is 0.778 bits per heavy atom. The highest BCUT2D eigenvalue weighted by Gasteiger charge is 2.41. The first-order valence-corrected chi connectivity index (χ1v) is 7.52. The van der Waals surface area contributed by atoms with Crippen molar-refractivity contribution in [1.29, 1.82) is 0 Å². The van der Waals surface area contributed by atoms with Crippen molar-refractivity contribution in [2.75, 3.05) is 0 Å². The molecular weight excluding hydrogens is 237 g/mol. The molecule has 18 heavy (non-hydrogen) atoms. The third-order valence-corrected chi connectivity index (χ3v) is 5.11. The van der Waals surface area contributed by atoms with Gasteiger partial charge in [-0.25, -0.2) is 0 Å². The van der Waals surface area contributed by atoms with Crippen LogP contribution in [0.1, 0.15) is 64.7 Å². The van der Waals surface area contributed by atoms with E-state index < -0.39 is 12.1 Å². The Kier molecular flexibility index (Phi) is 4.60. The maximum atomic E-state index is 12.6. The summed E-state index contributed by atoms with van der Waals surface area (Å²) in [7, 11) is 0. The van der Waals surface area contributed by atoms with Crippen molar-refractivity contribution in [2.24, 2.45) is 23.7 Å². The zero-order chi connectivity index (χ0) is 13.2. The molecule has 0 N–H and O–H groups in total. The van der Waals surface area contributed by atoms with Crippen molar-refractivity contribution in [3.63, 3.8) is 0 Å². The lowest BCUT2D eigenvalue weighted by atomic mass is 9.73. The summed E-state index contributed by atoms with van der Waals surface area (Å²) >= 11 is 0. The van der Waals surface area contributed by atoms with Crippen LogP contribution in [0.25, 0.3) is 0 Å². The van der Waals surface area contributed by atoms with E-state index in [2.05, 4.69) is 6.92 Å². The van der Waals surface area contributed by atoms with Crippen molar-refractivity contribution < 1.29 is 13.2 Å². The lowest BCUT2D eigenvalue weighted by Crippen LogP contribution is -2.28. The van der Waals surface area contributed by atoms with E-state index in [1.54, 1.807) is 0 Å². The Hall–Kier alpha value is -0.210. The zero-order valence-electron chi connectivity index (χ0n) is 11.3. The highest BCUT2D eigenvalue weighted by molar-refractivity contribution is 4.80. The van der Waals surface area contributed by atoms with Crippen LogP contribution in [0.4, 0.5) is 13.2 Å². The molecule has 2 aliphatic rings.